The van der Waals surface area contributed by atoms with E-state index in [2.05, 4.69) is 26.0 Å². The minimum atomic E-state index is -0.455. The number of carbonyl (C=O) groups is 1. The first-order valence-electron chi connectivity index (χ1n) is 9.70. The van der Waals surface area contributed by atoms with Crippen LogP contribution in [0.15, 0.2) is 91.8 Å². The second-order valence-corrected chi connectivity index (χ2v) is 8.92. The molecule has 33 heavy (non-hydrogen) atoms. The largest absolute Gasteiger partial charge is 0.463 e. The second kappa shape index (κ2) is 8.68. The summed E-state index contributed by atoms with van der Waals surface area (Å²) in [5, 5.41) is 6.03. The molecule has 0 fully saturated rings. The zero-order valence-corrected chi connectivity index (χ0v) is 19.1. The lowest BCUT2D eigenvalue weighted by Gasteiger charge is -2.13. The third kappa shape index (κ3) is 4.20. The summed E-state index contributed by atoms with van der Waals surface area (Å²) in [5.41, 5.74) is 1.25. The Bertz CT molecular complexity index is 1590. The fourth-order valence-corrected chi connectivity index (χ4v) is 4.39. The van der Waals surface area contributed by atoms with Gasteiger partial charge in [0.2, 0.25) is 10.6 Å². The molecule has 0 aliphatic carbocycles. The molecule has 2 heterocycles. The van der Waals surface area contributed by atoms with E-state index in [1.165, 1.54) is 30.7 Å². The van der Waals surface area contributed by atoms with E-state index in [1.807, 2.05) is 0 Å². The first-order valence-corrected chi connectivity index (χ1v) is 11.3. The lowest BCUT2D eigenvalue weighted by atomic mass is 10.2. The molecule has 0 aliphatic heterocycles. The Morgan fingerprint density at radius 1 is 1.12 bits per heavy atom. The quantitative estimate of drug-likeness (QED) is 0.215. The van der Waals surface area contributed by atoms with Crippen molar-refractivity contribution in [3.05, 3.63) is 105 Å². The maximum absolute atomic E-state index is 13.7. The third-order valence-corrected chi connectivity index (χ3v) is 6.35. The Morgan fingerprint density at radius 2 is 1.91 bits per heavy atom. The van der Waals surface area contributed by atoms with E-state index in [4.69, 9.17) is 4.42 Å². The molecule has 0 atom stereocenters. The number of carbonyl (C=O) groups excluding carboxylic acids is 1. The van der Waals surface area contributed by atoms with Crippen molar-refractivity contribution in [2.24, 2.45) is 5.10 Å². The van der Waals surface area contributed by atoms with Crippen molar-refractivity contribution in [3.63, 3.8) is 0 Å². The van der Waals surface area contributed by atoms with Gasteiger partial charge in [0.25, 0.3) is 5.91 Å². The molecular weight excluding hydrogens is 509 g/mol. The molecule has 0 unspecified atom stereocenters. The van der Waals surface area contributed by atoms with Crippen molar-refractivity contribution >= 4 is 65.7 Å². The molecule has 2 aromatic heterocycles. The maximum atomic E-state index is 13.7. The number of rotatable bonds is 4. The molecule has 3 aromatic carbocycles. The number of fused-ring (bicyclic) bond motifs is 2. The first kappa shape index (κ1) is 21.2. The van der Waals surface area contributed by atoms with Crippen LogP contribution in [0.3, 0.4) is 0 Å². The normalized spacial score (nSPS) is 11.5. The number of hydrogen-bond acceptors (Lipinski definition) is 6. The third-order valence-electron chi connectivity index (χ3n) is 4.82. The fourth-order valence-electron chi connectivity index (χ4n) is 3.18. The minimum Gasteiger partial charge on any atom is -0.463 e. The molecular formula is C24H13BrFN3O3S. The number of thiazole rings is 1. The molecule has 5 rings (SSSR count). The standard InChI is InChI=1S/C24H13BrFN3O3S/c25-16-7-5-14(6-8-16)23(31)29(24-28-19-10-9-17(26)11-21(19)33-24)27-12-15-13-32-20-4-2-1-3-18(20)22(15)30/h1-13H/b27-12+. The van der Waals surface area contributed by atoms with Crippen LogP contribution in [0.4, 0.5) is 9.52 Å². The monoisotopic (exact) mass is 521 g/mol. The number of amides is 1. The Kier molecular flexibility index (Phi) is 5.57. The van der Waals surface area contributed by atoms with Gasteiger partial charge in [-0.3, -0.25) is 9.59 Å². The molecule has 0 bridgehead atoms. The molecule has 162 valence electrons. The van der Waals surface area contributed by atoms with Crippen molar-refractivity contribution < 1.29 is 13.6 Å². The summed E-state index contributed by atoms with van der Waals surface area (Å²) in [5.74, 6) is -0.857. The lowest BCUT2D eigenvalue weighted by Crippen LogP contribution is -2.26. The van der Waals surface area contributed by atoms with Gasteiger partial charge in [0.05, 0.1) is 27.4 Å². The molecule has 5 aromatic rings. The molecule has 0 saturated heterocycles. The second-order valence-electron chi connectivity index (χ2n) is 6.99. The molecule has 6 nitrogen and oxygen atoms in total. The SMILES string of the molecule is O=C(c1ccc(Br)cc1)N(/N=C/c1coc2ccccc2c1=O)c1nc2ccc(F)cc2s1. The summed E-state index contributed by atoms with van der Waals surface area (Å²) in [6.07, 6.45) is 2.56. The molecule has 0 spiro atoms. The average Bonchev–Trinajstić information content (AvgIpc) is 3.24. The van der Waals surface area contributed by atoms with E-state index < -0.39 is 11.7 Å². The van der Waals surface area contributed by atoms with Gasteiger partial charge >= 0.3 is 0 Å². The number of hydrazone groups is 1. The van der Waals surface area contributed by atoms with Crippen molar-refractivity contribution in [2.45, 2.75) is 0 Å². The molecule has 9 heteroatoms. The molecule has 0 aliphatic rings. The van der Waals surface area contributed by atoms with Gasteiger partial charge in [-0.05, 0) is 54.6 Å². The van der Waals surface area contributed by atoms with E-state index in [0.717, 1.165) is 20.8 Å². The van der Waals surface area contributed by atoms with Crippen LogP contribution in [0.25, 0.3) is 21.2 Å². The fraction of sp³-hybridized carbons (Fsp3) is 0. The van der Waals surface area contributed by atoms with Gasteiger partial charge in [0.15, 0.2) is 0 Å². The smallest absolute Gasteiger partial charge is 0.280 e. The average molecular weight is 522 g/mol. The zero-order chi connectivity index (χ0) is 22.9. The van der Waals surface area contributed by atoms with Crippen LogP contribution in [0.5, 0.6) is 0 Å². The summed E-state index contributed by atoms with van der Waals surface area (Å²) < 4.78 is 20.6. The topological polar surface area (TPSA) is 75.8 Å². The molecule has 0 radical (unpaired) electrons. The van der Waals surface area contributed by atoms with Crippen LogP contribution in [0, 0.1) is 5.82 Å². The highest BCUT2D eigenvalue weighted by Crippen LogP contribution is 2.30. The molecule has 0 saturated carbocycles. The predicted molar refractivity (Wildman–Crippen MR) is 131 cm³/mol. The first-order chi connectivity index (χ1) is 16.0. The van der Waals surface area contributed by atoms with Crippen LogP contribution < -0.4 is 10.4 Å². The summed E-state index contributed by atoms with van der Waals surface area (Å²) in [4.78, 5) is 30.6. The van der Waals surface area contributed by atoms with Crippen molar-refractivity contribution in [1.29, 1.82) is 0 Å². The van der Waals surface area contributed by atoms with Crippen LogP contribution >= 0.6 is 27.3 Å². The van der Waals surface area contributed by atoms with E-state index in [0.29, 0.717) is 26.7 Å². The van der Waals surface area contributed by atoms with Gasteiger partial charge < -0.3 is 4.42 Å². The van der Waals surface area contributed by atoms with Crippen LogP contribution in [-0.4, -0.2) is 17.1 Å². The molecule has 1 amide bonds. The number of halogens is 2. The number of aromatic nitrogens is 1. The highest BCUT2D eigenvalue weighted by Gasteiger charge is 2.21. The van der Waals surface area contributed by atoms with Crippen LogP contribution in [0.2, 0.25) is 0 Å². The van der Waals surface area contributed by atoms with Gasteiger partial charge in [-0.1, -0.05) is 39.4 Å². The summed E-state index contributed by atoms with van der Waals surface area (Å²) in [6, 6.07) is 17.8. The Balaban J connectivity index is 1.60. The highest BCUT2D eigenvalue weighted by atomic mass is 79.9. The van der Waals surface area contributed by atoms with E-state index in [-0.39, 0.29) is 16.1 Å². The van der Waals surface area contributed by atoms with Gasteiger partial charge in [0.1, 0.15) is 17.7 Å². The van der Waals surface area contributed by atoms with Crippen molar-refractivity contribution in [1.82, 2.24) is 4.98 Å². The summed E-state index contributed by atoms with van der Waals surface area (Å²) in [7, 11) is 0. The Hall–Kier alpha value is -3.69. The lowest BCUT2D eigenvalue weighted by molar-refractivity contribution is 0.0988. The van der Waals surface area contributed by atoms with Crippen LogP contribution in [0.1, 0.15) is 15.9 Å². The number of para-hydroxylation sites is 1. The maximum Gasteiger partial charge on any atom is 0.280 e. The number of hydrogen-bond donors (Lipinski definition) is 0. The molecule has 0 N–H and O–H groups in total. The van der Waals surface area contributed by atoms with Gasteiger partial charge in [-0.25, -0.2) is 9.37 Å². The van der Waals surface area contributed by atoms with Gasteiger partial charge in [0, 0.05) is 10.0 Å². The zero-order valence-electron chi connectivity index (χ0n) is 16.7. The van der Waals surface area contributed by atoms with Gasteiger partial charge in [-0.2, -0.15) is 10.1 Å². The van der Waals surface area contributed by atoms with E-state index >= 15 is 0 Å². The number of benzene rings is 3. The Labute approximate surface area is 198 Å². The van der Waals surface area contributed by atoms with E-state index in [9.17, 15) is 14.0 Å². The summed E-state index contributed by atoms with van der Waals surface area (Å²) in [6.45, 7) is 0. The minimum absolute atomic E-state index is 0.175. The van der Waals surface area contributed by atoms with Crippen molar-refractivity contribution in [3.8, 4) is 0 Å². The number of anilines is 1. The predicted octanol–water partition coefficient (Wildman–Crippen LogP) is 5.99. The van der Waals surface area contributed by atoms with Crippen molar-refractivity contribution in [2.75, 3.05) is 5.01 Å². The van der Waals surface area contributed by atoms with Gasteiger partial charge in [-0.15, -0.1) is 0 Å². The highest BCUT2D eigenvalue weighted by molar-refractivity contribution is 9.10. The Morgan fingerprint density at radius 3 is 2.73 bits per heavy atom. The summed E-state index contributed by atoms with van der Waals surface area (Å²) >= 11 is 4.47. The van der Waals surface area contributed by atoms with Crippen LogP contribution in [-0.2, 0) is 0 Å². The van der Waals surface area contributed by atoms with E-state index in [1.54, 1.807) is 48.5 Å². The number of nitrogens with zero attached hydrogens (tertiary/aromatic N) is 3.